The summed E-state index contributed by atoms with van der Waals surface area (Å²) in [7, 11) is 0. The van der Waals surface area contributed by atoms with E-state index in [4.69, 9.17) is 4.74 Å². The van der Waals surface area contributed by atoms with E-state index in [1.807, 2.05) is 22.5 Å². The van der Waals surface area contributed by atoms with Crippen molar-refractivity contribution in [2.45, 2.75) is 50.9 Å². The van der Waals surface area contributed by atoms with E-state index >= 15 is 0 Å². The molecule has 6 rings (SSSR count). The molecule has 4 atom stereocenters. The van der Waals surface area contributed by atoms with Crippen LogP contribution in [0, 0.1) is 12.8 Å². The van der Waals surface area contributed by atoms with Crippen LogP contribution in [0.25, 0.3) is 0 Å². The Hall–Kier alpha value is -2.58. The second-order valence-electron chi connectivity index (χ2n) is 9.53. The van der Waals surface area contributed by atoms with Gasteiger partial charge in [0.2, 0.25) is 0 Å². The molecule has 0 spiro atoms. The summed E-state index contributed by atoms with van der Waals surface area (Å²) in [6.07, 6.45) is 5.64. The number of rotatable bonds is 3. The molecule has 31 heavy (non-hydrogen) atoms. The first kappa shape index (κ1) is 19.1. The number of hydrogen-bond donors (Lipinski definition) is 0. The third-order valence-electron chi connectivity index (χ3n) is 7.36. The van der Waals surface area contributed by atoms with E-state index in [2.05, 4.69) is 20.9 Å². The molecule has 0 N–H and O–H groups in total. The van der Waals surface area contributed by atoms with Crippen LogP contribution in [0.15, 0.2) is 29.3 Å². The topological polar surface area (TPSA) is 80.6 Å². The number of amides is 1. The number of carbonyl (C=O) groups excluding carboxylic acids is 1. The molecule has 2 aromatic rings. The number of nitrogens with zero attached hydrogens (tertiary/aromatic N) is 5. The predicted octanol–water partition coefficient (Wildman–Crippen LogP) is 1.18. The molecule has 3 fully saturated rings. The molecule has 0 radical (unpaired) electrons. The summed E-state index contributed by atoms with van der Waals surface area (Å²) in [6, 6.07) is 4.57. The highest BCUT2D eigenvalue weighted by Gasteiger charge is 2.40. The lowest BCUT2D eigenvalue weighted by Crippen LogP contribution is -2.49. The summed E-state index contributed by atoms with van der Waals surface area (Å²) in [5, 5.41) is 0. The first-order valence-corrected chi connectivity index (χ1v) is 11.2. The molecule has 6 heterocycles. The van der Waals surface area contributed by atoms with Crippen molar-refractivity contribution in [1.29, 1.82) is 0 Å². The Balaban J connectivity index is 1.23. The first-order chi connectivity index (χ1) is 15.0. The molecule has 2 aromatic heterocycles. The standard InChI is InChI=1S/C23H27N5O3/c1-14-6-25-20(7-24-14)23(30)27-8-15-4-17(11-27)21-3-2-16(22(29)28(21)9-15)10-26-12-19-5-18(26)13-31-19/h2-3,6-7,15,17-19H,4-5,8-13H2,1H3/t15-,17+,18+,19+/m0/s1. The van der Waals surface area contributed by atoms with Crippen molar-refractivity contribution >= 4 is 5.91 Å². The molecule has 8 heteroatoms. The molecular weight excluding hydrogens is 394 g/mol. The number of aromatic nitrogens is 3. The number of aryl methyl sites for hydroxylation is 1. The number of ether oxygens (including phenoxy) is 1. The van der Waals surface area contributed by atoms with Gasteiger partial charge in [-0.15, -0.1) is 0 Å². The van der Waals surface area contributed by atoms with Crippen LogP contribution in [0.1, 0.15) is 46.2 Å². The van der Waals surface area contributed by atoms with Gasteiger partial charge in [-0.25, -0.2) is 4.98 Å². The van der Waals surface area contributed by atoms with E-state index in [0.717, 1.165) is 42.9 Å². The van der Waals surface area contributed by atoms with Gasteiger partial charge in [0, 0.05) is 62.1 Å². The summed E-state index contributed by atoms with van der Waals surface area (Å²) >= 11 is 0. The molecule has 4 aliphatic rings. The van der Waals surface area contributed by atoms with Gasteiger partial charge in [0.15, 0.2) is 0 Å². The van der Waals surface area contributed by atoms with Crippen LogP contribution in [0.2, 0.25) is 0 Å². The maximum absolute atomic E-state index is 13.3. The summed E-state index contributed by atoms with van der Waals surface area (Å²) in [5.74, 6) is 0.409. The minimum absolute atomic E-state index is 0.0686. The van der Waals surface area contributed by atoms with Crippen molar-refractivity contribution in [3.05, 3.63) is 57.5 Å². The molecule has 0 aliphatic carbocycles. The van der Waals surface area contributed by atoms with Gasteiger partial charge in [-0.05, 0) is 31.7 Å². The Morgan fingerprint density at radius 1 is 1.13 bits per heavy atom. The van der Waals surface area contributed by atoms with Gasteiger partial charge in [-0.2, -0.15) is 0 Å². The predicted molar refractivity (Wildman–Crippen MR) is 113 cm³/mol. The van der Waals surface area contributed by atoms with Crippen LogP contribution in [0.3, 0.4) is 0 Å². The zero-order valence-corrected chi connectivity index (χ0v) is 17.7. The lowest BCUT2D eigenvalue weighted by Gasteiger charge is -2.42. The fourth-order valence-corrected chi connectivity index (χ4v) is 5.83. The van der Waals surface area contributed by atoms with Crippen molar-refractivity contribution in [1.82, 2.24) is 24.3 Å². The highest BCUT2D eigenvalue weighted by Crippen LogP contribution is 2.36. The minimum Gasteiger partial charge on any atom is -0.375 e. The summed E-state index contributed by atoms with van der Waals surface area (Å²) in [5.41, 5.74) is 3.26. The zero-order chi connectivity index (χ0) is 21.1. The van der Waals surface area contributed by atoms with Gasteiger partial charge in [0.05, 0.1) is 24.6 Å². The Bertz CT molecular complexity index is 1080. The molecule has 1 amide bonds. The molecule has 0 aromatic carbocycles. The van der Waals surface area contributed by atoms with Gasteiger partial charge >= 0.3 is 0 Å². The molecule has 3 saturated heterocycles. The van der Waals surface area contributed by atoms with Gasteiger partial charge in [-0.3, -0.25) is 19.5 Å². The lowest BCUT2D eigenvalue weighted by atomic mass is 9.83. The Morgan fingerprint density at radius 2 is 2.03 bits per heavy atom. The van der Waals surface area contributed by atoms with E-state index < -0.39 is 0 Å². The highest BCUT2D eigenvalue weighted by atomic mass is 16.5. The SMILES string of the molecule is Cc1cnc(C(=O)N2C[C@@H]3C[C@H](C2)c2ccc(CN4C[C@H]5C[C@@H]4CO5)c(=O)n2C3)cn1. The smallest absolute Gasteiger partial charge is 0.274 e. The molecule has 4 aliphatic heterocycles. The average molecular weight is 422 g/mol. The fraction of sp³-hybridized carbons (Fsp3) is 0.565. The average Bonchev–Trinajstić information content (AvgIpc) is 3.39. The first-order valence-electron chi connectivity index (χ1n) is 11.2. The maximum atomic E-state index is 13.3. The van der Waals surface area contributed by atoms with Crippen molar-refractivity contribution < 1.29 is 9.53 Å². The van der Waals surface area contributed by atoms with Crippen molar-refractivity contribution in [2.24, 2.45) is 5.92 Å². The monoisotopic (exact) mass is 421 g/mol. The van der Waals surface area contributed by atoms with Crippen LogP contribution in [-0.2, 0) is 17.8 Å². The lowest BCUT2D eigenvalue weighted by molar-refractivity contribution is 0.0270. The number of piperidine rings is 1. The Morgan fingerprint density at radius 3 is 2.77 bits per heavy atom. The summed E-state index contributed by atoms with van der Waals surface area (Å²) in [6.45, 7) is 6.24. The number of hydrogen-bond acceptors (Lipinski definition) is 6. The third kappa shape index (κ3) is 3.29. The molecule has 0 unspecified atom stereocenters. The van der Waals surface area contributed by atoms with Gasteiger partial charge in [-0.1, -0.05) is 6.07 Å². The number of morpholine rings is 1. The second-order valence-corrected chi connectivity index (χ2v) is 9.53. The van der Waals surface area contributed by atoms with Crippen LogP contribution < -0.4 is 5.56 Å². The van der Waals surface area contributed by atoms with Crippen LogP contribution in [0.5, 0.6) is 0 Å². The largest absolute Gasteiger partial charge is 0.375 e. The van der Waals surface area contributed by atoms with E-state index in [9.17, 15) is 9.59 Å². The number of carbonyl (C=O) groups is 1. The summed E-state index contributed by atoms with van der Waals surface area (Å²) in [4.78, 5) is 39.0. The number of fused-ring (bicyclic) bond motifs is 6. The fourth-order valence-electron chi connectivity index (χ4n) is 5.83. The van der Waals surface area contributed by atoms with Crippen molar-refractivity contribution in [2.75, 3.05) is 26.2 Å². The molecule has 0 saturated carbocycles. The van der Waals surface area contributed by atoms with Gasteiger partial charge in [0.1, 0.15) is 5.69 Å². The third-order valence-corrected chi connectivity index (χ3v) is 7.36. The molecule has 8 nitrogen and oxygen atoms in total. The van der Waals surface area contributed by atoms with Crippen LogP contribution in [-0.4, -0.2) is 68.6 Å². The van der Waals surface area contributed by atoms with E-state index in [1.165, 1.54) is 0 Å². The Labute approximate surface area is 180 Å². The van der Waals surface area contributed by atoms with Crippen LogP contribution in [0.4, 0.5) is 0 Å². The summed E-state index contributed by atoms with van der Waals surface area (Å²) < 4.78 is 7.67. The number of likely N-dealkylation sites (tertiary alicyclic amines) is 2. The quantitative estimate of drug-likeness (QED) is 0.741. The minimum atomic E-state index is -0.0686. The molecule has 4 bridgehead atoms. The molecule has 162 valence electrons. The van der Waals surface area contributed by atoms with Gasteiger partial charge in [0.25, 0.3) is 11.5 Å². The number of pyridine rings is 1. The maximum Gasteiger partial charge on any atom is 0.274 e. The Kier molecular flexibility index (Phi) is 4.47. The van der Waals surface area contributed by atoms with Crippen molar-refractivity contribution in [3.8, 4) is 0 Å². The van der Waals surface area contributed by atoms with E-state index in [-0.39, 0.29) is 23.3 Å². The van der Waals surface area contributed by atoms with E-state index in [1.54, 1.807) is 12.4 Å². The van der Waals surface area contributed by atoms with Crippen LogP contribution >= 0.6 is 0 Å². The highest BCUT2D eigenvalue weighted by molar-refractivity contribution is 5.92. The van der Waals surface area contributed by atoms with E-state index in [0.29, 0.717) is 44.0 Å². The van der Waals surface area contributed by atoms with Crippen molar-refractivity contribution in [3.63, 3.8) is 0 Å². The molecular formula is C23H27N5O3. The van der Waals surface area contributed by atoms with Gasteiger partial charge < -0.3 is 14.2 Å². The zero-order valence-electron chi connectivity index (χ0n) is 17.7. The normalized spacial score (nSPS) is 29.3. The second kappa shape index (κ2) is 7.24.